The lowest BCUT2D eigenvalue weighted by Gasteiger charge is -2.20. The number of hydrogen-bond donors (Lipinski definition) is 0. The molecule has 0 atom stereocenters. The molecule has 0 aromatic rings. The largest absolute Gasteiger partial charge is 0.343 e. The molecule has 0 unspecified atom stereocenters. The third-order valence-electron chi connectivity index (χ3n) is 5.01. The molecule has 0 aliphatic heterocycles. The number of carbonyl (C=O) groups excluding carboxylic acids is 1. The van der Waals surface area contributed by atoms with E-state index in [2.05, 4.69) is 20.8 Å². The van der Waals surface area contributed by atoms with E-state index in [1.807, 2.05) is 4.90 Å². The number of rotatable bonds is 18. The molecule has 1 amide bonds. The molecular weight excluding hydrogens is 294 g/mol. The number of amides is 1. The van der Waals surface area contributed by atoms with Crippen LogP contribution in [0, 0.1) is 0 Å². The lowest BCUT2D eigenvalue weighted by atomic mass is 10.0. The van der Waals surface area contributed by atoms with Crippen LogP contribution in [0.1, 0.15) is 124 Å². The van der Waals surface area contributed by atoms with E-state index in [-0.39, 0.29) is 0 Å². The fourth-order valence-corrected chi connectivity index (χ4v) is 3.26. The van der Waals surface area contributed by atoms with E-state index >= 15 is 0 Å². The first-order valence-corrected chi connectivity index (χ1v) is 11.0. The predicted octanol–water partition coefficient (Wildman–Crippen LogP) is 7.12. The van der Waals surface area contributed by atoms with Gasteiger partial charge in [-0.25, -0.2) is 0 Å². The van der Waals surface area contributed by atoms with E-state index < -0.39 is 0 Å². The summed E-state index contributed by atoms with van der Waals surface area (Å²) in [5.74, 6) is 0.369. The van der Waals surface area contributed by atoms with Gasteiger partial charge in [0, 0.05) is 19.5 Å². The van der Waals surface area contributed by atoms with Crippen molar-refractivity contribution in [2.24, 2.45) is 0 Å². The van der Waals surface area contributed by atoms with Crippen molar-refractivity contribution < 1.29 is 4.79 Å². The van der Waals surface area contributed by atoms with Gasteiger partial charge < -0.3 is 4.90 Å². The van der Waals surface area contributed by atoms with Gasteiger partial charge >= 0.3 is 0 Å². The van der Waals surface area contributed by atoms with Gasteiger partial charge in [0.05, 0.1) is 0 Å². The highest BCUT2D eigenvalue weighted by Gasteiger charge is 2.09. The Labute approximate surface area is 152 Å². The summed E-state index contributed by atoms with van der Waals surface area (Å²) in [5, 5.41) is 0. The van der Waals surface area contributed by atoms with E-state index in [0.29, 0.717) is 5.91 Å². The molecule has 0 heterocycles. The molecule has 0 aliphatic carbocycles. The standard InChI is InChI=1S/C22H45NO/c1-4-7-9-10-11-12-13-14-15-16-17-18-19-20-22(24)23(6-3)21-8-5-2/h4-21H2,1-3H3. The van der Waals surface area contributed by atoms with Crippen molar-refractivity contribution in [2.75, 3.05) is 13.1 Å². The molecule has 0 radical (unpaired) electrons. The molecular formula is C22H45NO. The molecule has 2 nitrogen and oxygen atoms in total. The van der Waals surface area contributed by atoms with Crippen molar-refractivity contribution in [3.05, 3.63) is 0 Å². The third kappa shape index (κ3) is 15.0. The minimum Gasteiger partial charge on any atom is -0.343 e. The molecule has 144 valence electrons. The topological polar surface area (TPSA) is 20.3 Å². The molecule has 0 aromatic carbocycles. The smallest absolute Gasteiger partial charge is 0.222 e. The first kappa shape index (κ1) is 23.5. The zero-order chi connectivity index (χ0) is 17.9. The second-order valence-corrected chi connectivity index (χ2v) is 7.32. The van der Waals surface area contributed by atoms with E-state index in [0.717, 1.165) is 32.4 Å². The maximum Gasteiger partial charge on any atom is 0.222 e. The van der Waals surface area contributed by atoms with E-state index in [1.165, 1.54) is 83.5 Å². The molecule has 2 heteroatoms. The quantitative estimate of drug-likeness (QED) is 0.243. The maximum atomic E-state index is 12.1. The van der Waals surface area contributed by atoms with Crippen LogP contribution < -0.4 is 0 Å². The van der Waals surface area contributed by atoms with Gasteiger partial charge in [0.25, 0.3) is 0 Å². The van der Waals surface area contributed by atoms with Crippen molar-refractivity contribution in [3.63, 3.8) is 0 Å². The zero-order valence-corrected chi connectivity index (χ0v) is 17.1. The van der Waals surface area contributed by atoms with Crippen LogP contribution in [0.4, 0.5) is 0 Å². The minimum absolute atomic E-state index is 0.369. The minimum atomic E-state index is 0.369. The van der Waals surface area contributed by atoms with E-state index in [9.17, 15) is 4.79 Å². The van der Waals surface area contributed by atoms with Crippen LogP contribution in [0.25, 0.3) is 0 Å². The summed E-state index contributed by atoms with van der Waals surface area (Å²) in [6, 6.07) is 0. The van der Waals surface area contributed by atoms with E-state index in [1.54, 1.807) is 0 Å². The van der Waals surface area contributed by atoms with Crippen molar-refractivity contribution in [2.45, 2.75) is 124 Å². The van der Waals surface area contributed by atoms with Crippen LogP contribution >= 0.6 is 0 Å². The Balaban J connectivity index is 3.31. The van der Waals surface area contributed by atoms with Gasteiger partial charge in [0.15, 0.2) is 0 Å². The number of carbonyl (C=O) groups is 1. The van der Waals surface area contributed by atoms with Crippen LogP contribution in [-0.4, -0.2) is 23.9 Å². The Morgan fingerprint density at radius 1 is 0.583 bits per heavy atom. The lowest BCUT2D eigenvalue weighted by Crippen LogP contribution is -2.31. The fourth-order valence-electron chi connectivity index (χ4n) is 3.26. The van der Waals surface area contributed by atoms with Crippen LogP contribution in [0.15, 0.2) is 0 Å². The number of unbranched alkanes of at least 4 members (excludes halogenated alkanes) is 13. The molecule has 0 fully saturated rings. The zero-order valence-electron chi connectivity index (χ0n) is 17.1. The van der Waals surface area contributed by atoms with Gasteiger partial charge in [-0.2, -0.15) is 0 Å². The van der Waals surface area contributed by atoms with Crippen molar-refractivity contribution >= 4 is 5.91 Å². The van der Waals surface area contributed by atoms with E-state index in [4.69, 9.17) is 0 Å². The van der Waals surface area contributed by atoms with Crippen molar-refractivity contribution in [3.8, 4) is 0 Å². The van der Waals surface area contributed by atoms with Crippen LogP contribution in [0.5, 0.6) is 0 Å². The van der Waals surface area contributed by atoms with Crippen molar-refractivity contribution in [1.82, 2.24) is 4.90 Å². The van der Waals surface area contributed by atoms with Crippen molar-refractivity contribution in [1.29, 1.82) is 0 Å². The van der Waals surface area contributed by atoms with Gasteiger partial charge in [0.1, 0.15) is 0 Å². The normalized spacial score (nSPS) is 11.0. The average Bonchev–Trinajstić information content (AvgIpc) is 2.59. The Kier molecular flexibility index (Phi) is 18.4. The summed E-state index contributed by atoms with van der Waals surface area (Å²) in [6.45, 7) is 8.38. The number of nitrogens with zero attached hydrogens (tertiary/aromatic N) is 1. The summed E-state index contributed by atoms with van der Waals surface area (Å²) < 4.78 is 0. The highest BCUT2D eigenvalue weighted by molar-refractivity contribution is 5.76. The maximum absolute atomic E-state index is 12.1. The molecule has 0 saturated heterocycles. The SMILES string of the molecule is CCCCCCCCCCCCCCCC(=O)N(CC)CCCC. The van der Waals surface area contributed by atoms with Gasteiger partial charge in [-0.3, -0.25) is 4.79 Å². The summed E-state index contributed by atoms with van der Waals surface area (Å²) in [4.78, 5) is 14.1. The molecule has 0 saturated carbocycles. The lowest BCUT2D eigenvalue weighted by molar-refractivity contribution is -0.131. The Morgan fingerprint density at radius 3 is 1.42 bits per heavy atom. The highest BCUT2D eigenvalue weighted by atomic mass is 16.2. The highest BCUT2D eigenvalue weighted by Crippen LogP contribution is 2.13. The average molecular weight is 340 g/mol. The predicted molar refractivity (Wildman–Crippen MR) is 107 cm³/mol. The van der Waals surface area contributed by atoms with Crippen LogP contribution in [0.2, 0.25) is 0 Å². The monoisotopic (exact) mass is 339 g/mol. The molecule has 0 N–H and O–H groups in total. The van der Waals surface area contributed by atoms with Gasteiger partial charge in [-0.15, -0.1) is 0 Å². The van der Waals surface area contributed by atoms with Gasteiger partial charge in [-0.1, -0.05) is 97.3 Å². The molecule has 0 aromatic heterocycles. The molecule has 24 heavy (non-hydrogen) atoms. The second-order valence-electron chi connectivity index (χ2n) is 7.32. The Bertz CT molecular complexity index is 265. The molecule has 0 spiro atoms. The molecule has 0 aliphatic rings. The van der Waals surface area contributed by atoms with Gasteiger partial charge in [0.2, 0.25) is 5.91 Å². The first-order valence-electron chi connectivity index (χ1n) is 11.0. The third-order valence-corrected chi connectivity index (χ3v) is 5.01. The molecule has 0 bridgehead atoms. The first-order chi connectivity index (χ1) is 11.8. The summed E-state index contributed by atoms with van der Waals surface area (Å²) >= 11 is 0. The van der Waals surface area contributed by atoms with Crippen LogP contribution in [-0.2, 0) is 4.79 Å². The van der Waals surface area contributed by atoms with Gasteiger partial charge in [-0.05, 0) is 19.8 Å². The fraction of sp³-hybridized carbons (Fsp3) is 0.955. The summed E-state index contributed by atoms with van der Waals surface area (Å²) in [5.41, 5.74) is 0. The number of hydrogen-bond acceptors (Lipinski definition) is 1. The molecule has 0 rings (SSSR count). The van der Waals surface area contributed by atoms with Crippen LogP contribution in [0.3, 0.4) is 0 Å². The Morgan fingerprint density at radius 2 is 1.00 bits per heavy atom. The second kappa shape index (κ2) is 18.8. The Hall–Kier alpha value is -0.530. The summed E-state index contributed by atoms with van der Waals surface area (Å²) in [7, 11) is 0. The summed E-state index contributed by atoms with van der Waals surface area (Å²) in [6.07, 6.45) is 20.8.